The summed E-state index contributed by atoms with van der Waals surface area (Å²) in [6.45, 7) is 2.84. The van der Waals surface area contributed by atoms with Gasteiger partial charge in [-0.3, -0.25) is 0 Å². The molecule has 1 atom stereocenters. The molecule has 0 fully saturated rings. The van der Waals surface area contributed by atoms with Crippen molar-refractivity contribution in [3.05, 3.63) is 59.3 Å². The Morgan fingerprint density at radius 3 is 2.54 bits per heavy atom. The summed E-state index contributed by atoms with van der Waals surface area (Å²) in [7, 11) is 0.127. The molecule has 0 N–H and O–H groups in total. The molecule has 0 bridgehead atoms. The van der Waals surface area contributed by atoms with Gasteiger partial charge < -0.3 is 9.30 Å². The van der Waals surface area contributed by atoms with Crippen molar-refractivity contribution in [3.63, 3.8) is 0 Å². The summed E-state index contributed by atoms with van der Waals surface area (Å²) in [4.78, 5) is 0.356. The molecule has 0 saturated heterocycles. The molecule has 4 rings (SSSR count). The van der Waals surface area contributed by atoms with Gasteiger partial charge in [0.2, 0.25) is 10.0 Å². The predicted octanol–water partition coefficient (Wildman–Crippen LogP) is 4.22. The zero-order valence-corrected chi connectivity index (χ0v) is 19.1. The van der Waals surface area contributed by atoms with E-state index < -0.39 is 10.0 Å². The quantitative estimate of drug-likeness (QED) is 0.390. The second-order valence-corrected chi connectivity index (χ2v) is 10.1. The summed E-state index contributed by atoms with van der Waals surface area (Å²) in [5, 5.41) is 1.19. The van der Waals surface area contributed by atoms with Crippen molar-refractivity contribution < 1.29 is 13.2 Å². The lowest BCUT2D eigenvalue weighted by atomic mass is 9.94. The van der Waals surface area contributed by atoms with Crippen LogP contribution in [0.1, 0.15) is 22.7 Å². The minimum atomic E-state index is -3.54. The Bertz CT molecular complexity index is 1140. The van der Waals surface area contributed by atoms with E-state index in [1.165, 1.54) is 10.9 Å². The summed E-state index contributed by atoms with van der Waals surface area (Å²) in [6.07, 6.45) is 0. The zero-order chi connectivity index (χ0) is 20.1. The molecule has 1 aliphatic rings. The van der Waals surface area contributed by atoms with Crippen LogP contribution in [-0.4, -0.2) is 35.4 Å². The summed E-state index contributed by atoms with van der Waals surface area (Å²) < 4.78 is 36.6. The van der Waals surface area contributed by atoms with Gasteiger partial charge in [0.25, 0.3) is 0 Å². The SMILES string of the molecule is COc1ccc2c3c(n(C)c2c1)CN(S(=O)(=O)c1ccc(C)cc1)CC3CI. The smallest absolute Gasteiger partial charge is 0.243 e. The monoisotopic (exact) mass is 510 g/mol. The number of methoxy groups -OCH3 is 1. The molecule has 5 nitrogen and oxygen atoms in total. The highest BCUT2D eigenvalue weighted by molar-refractivity contribution is 14.1. The van der Waals surface area contributed by atoms with E-state index in [0.717, 1.165) is 27.0 Å². The number of aryl methyl sites for hydroxylation is 2. The first kappa shape index (κ1) is 19.7. The van der Waals surface area contributed by atoms with Crippen molar-refractivity contribution in [2.75, 3.05) is 18.1 Å². The fourth-order valence-electron chi connectivity index (χ4n) is 4.01. The molecule has 7 heteroatoms. The highest BCUT2D eigenvalue weighted by atomic mass is 127. The molecule has 1 aromatic heterocycles. The van der Waals surface area contributed by atoms with Gasteiger partial charge in [-0.1, -0.05) is 40.3 Å². The van der Waals surface area contributed by atoms with Crippen LogP contribution in [0.4, 0.5) is 0 Å². The van der Waals surface area contributed by atoms with Crippen LogP contribution in [-0.2, 0) is 23.6 Å². The minimum absolute atomic E-state index is 0.154. The molecule has 0 aliphatic carbocycles. The molecule has 0 amide bonds. The molecule has 3 aromatic rings. The maximum absolute atomic E-state index is 13.3. The third-order valence-corrected chi connectivity index (χ3v) is 8.46. The van der Waals surface area contributed by atoms with Crippen molar-refractivity contribution in [2.45, 2.75) is 24.3 Å². The number of halogens is 1. The molecular formula is C21H23IN2O3S. The van der Waals surface area contributed by atoms with E-state index >= 15 is 0 Å². The van der Waals surface area contributed by atoms with E-state index in [0.29, 0.717) is 18.0 Å². The lowest BCUT2D eigenvalue weighted by Gasteiger charge is -2.32. The number of aromatic nitrogens is 1. The number of sulfonamides is 1. The highest BCUT2D eigenvalue weighted by Crippen LogP contribution is 2.40. The Morgan fingerprint density at radius 2 is 1.89 bits per heavy atom. The Labute approximate surface area is 179 Å². The number of rotatable bonds is 4. The molecular weight excluding hydrogens is 487 g/mol. The number of hydrogen-bond donors (Lipinski definition) is 0. The first-order valence-electron chi connectivity index (χ1n) is 9.14. The van der Waals surface area contributed by atoms with Gasteiger partial charge in [-0.25, -0.2) is 8.42 Å². The molecule has 0 spiro atoms. The second kappa shape index (κ2) is 7.35. The van der Waals surface area contributed by atoms with Crippen LogP contribution in [0.25, 0.3) is 10.9 Å². The number of ether oxygens (including phenoxy) is 1. The maximum atomic E-state index is 13.3. The van der Waals surface area contributed by atoms with Crippen LogP contribution in [0.2, 0.25) is 0 Å². The van der Waals surface area contributed by atoms with Crippen LogP contribution in [0.15, 0.2) is 47.4 Å². The molecule has 148 valence electrons. The van der Waals surface area contributed by atoms with Gasteiger partial charge in [0.05, 0.1) is 24.1 Å². The first-order chi connectivity index (χ1) is 13.4. The normalized spacial score (nSPS) is 17.6. The van der Waals surface area contributed by atoms with Crippen LogP contribution >= 0.6 is 22.6 Å². The van der Waals surface area contributed by atoms with Gasteiger partial charge >= 0.3 is 0 Å². The van der Waals surface area contributed by atoms with Gasteiger partial charge in [0, 0.05) is 41.1 Å². The van der Waals surface area contributed by atoms with Gasteiger partial charge in [-0.2, -0.15) is 4.31 Å². The van der Waals surface area contributed by atoms with Crippen LogP contribution in [0, 0.1) is 6.92 Å². The van der Waals surface area contributed by atoms with Crippen LogP contribution in [0.3, 0.4) is 0 Å². The highest BCUT2D eigenvalue weighted by Gasteiger charge is 2.36. The average Bonchev–Trinajstić information content (AvgIpc) is 2.99. The Balaban J connectivity index is 1.82. The predicted molar refractivity (Wildman–Crippen MR) is 120 cm³/mol. The molecule has 1 unspecified atom stereocenters. The van der Waals surface area contributed by atoms with Crippen molar-refractivity contribution in [1.82, 2.24) is 8.87 Å². The zero-order valence-electron chi connectivity index (χ0n) is 16.1. The van der Waals surface area contributed by atoms with Crippen LogP contribution in [0.5, 0.6) is 5.75 Å². The lowest BCUT2D eigenvalue weighted by Crippen LogP contribution is -2.39. The molecule has 2 aromatic carbocycles. The fourth-order valence-corrected chi connectivity index (χ4v) is 6.17. The number of nitrogens with zero attached hydrogens (tertiary/aromatic N) is 2. The van der Waals surface area contributed by atoms with E-state index in [1.807, 2.05) is 38.2 Å². The van der Waals surface area contributed by atoms with E-state index in [4.69, 9.17) is 4.74 Å². The molecule has 0 saturated carbocycles. The first-order valence-corrected chi connectivity index (χ1v) is 12.1. The Morgan fingerprint density at radius 1 is 1.18 bits per heavy atom. The molecule has 0 radical (unpaired) electrons. The Hall–Kier alpha value is -1.58. The third kappa shape index (κ3) is 3.13. The summed E-state index contributed by atoms with van der Waals surface area (Å²) in [6, 6.07) is 13.2. The largest absolute Gasteiger partial charge is 0.497 e. The average molecular weight is 510 g/mol. The topological polar surface area (TPSA) is 51.5 Å². The van der Waals surface area contributed by atoms with Gasteiger partial charge in [0.15, 0.2) is 0 Å². The van der Waals surface area contributed by atoms with Crippen molar-refractivity contribution in [3.8, 4) is 5.75 Å². The summed E-state index contributed by atoms with van der Waals surface area (Å²) in [5.41, 5.74) is 4.46. The lowest BCUT2D eigenvalue weighted by molar-refractivity contribution is 0.359. The van der Waals surface area contributed by atoms with Gasteiger partial charge in [0.1, 0.15) is 5.75 Å². The van der Waals surface area contributed by atoms with E-state index in [2.05, 4.69) is 33.2 Å². The third-order valence-electron chi connectivity index (χ3n) is 5.58. The molecule has 2 heterocycles. The maximum Gasteiger partial charge on any atom is 0.243 e. The van der Waals surface area contributed by atoms with Crippen LogP contribution < -0.4 is 4.74 Å². The standard InChI is InChI=1S/C21H23IN2O3S/c1-14-4-7-17(8-5-14)28(25,26)24-12-15(11-22)21-18-9-6-16(27-3)10-19(18)23(2)20(21)13-24/h4-10,15H,11-13H2,1-3H3. The number of benzene rings is 2. The summed E-state index contributed by atoms with van der Waals surface area (Å²) >= 11 is 2.36. The van der Waals surface area contributed by atoms with E-state index in [-0.39, 0.29) is 5.92 Å². The number of hydrogen-bond acceptors (Lipinski definition) is 3. The van der Waals surface area contributed by atoms with E-state index in [1.54, 1.807) is 23.5 Å². The van der Waals surface area contributed by atoms with Crippen molar-refractivity contribution in [2.24, 2.45) is 7.05 Å². The summed E-state index contributed by atoms with van der Waals surface area (Å²) in [5.74, 6) is 0.960. The van der Waals surface area contributed by atoms with Crippen molar-refractivity contribution >= 4 is 43.5 Å². The number of alkyl halides is 1. The fraction of sp³-hybridized carbons (Fsp3) is 0.333. The van der Waals surface area contributed by atoms with Gasteiger partial charge in [-0.15, -0.1) is 0 Å². The van der Waals surface area contributed by atoms with Gasteiger partial charge in [-0.05, 0) is 36.8 Å². The van der Waals surface area contributed by atoms with E-state index in [9.17, 15) is 8.42 Å². The molecule has 28 heavy (non-hydrogen) atoms. The minimum Gasteiger partial charge on any atom is -0.497 e. The number of fused-ring (bicyclic) bond motifs is 3. The van der Waals surface area contributed by atoms with Crippen molar-refractivity contribution in [1.29, 1.82) is 0 Å². The second-order valence-electron chi connectivity index (χ2n) is 7.26. The Kier molecular flexibility index (Phi) is 5.18. The molecule has 1 aliphatic heterocycles.